The molecule has 0 aromatic heterocycles. The molecule has 0 bridgehead atoms. The average molecular weight is 251 g/mol. The number of likely N-dealkylation sites (tertiary alicyclic amines) is 1. The van der Waals surface area contributed by atoms with Crippen LogP contribution in [0.15, 0.2) is 30.3 Å². The van der Waals surface area contributed by atoms with Crippen LogP contribution in [0.1, 0.15) is 18.4 Å². The van der Waals surface area contributed by atoms with Crippen LogP contribution >= 0.6 is 12.0 Å². The van der Waals surface area contributed by atoms with E-state index in [-0.39, 0.29) is 0 Å². The van der Waals surface area contributed by atoms with Gasteiger partial charge in [0.25, 0.3) is 0 Å². The fourth-order valence-corrected chi connectivity index (χ4v) is 2.65. The highest BCUT2D eigenvalue weighted by molar-refractivity contribution is 7.93. The number of hydrogen-bond acceptors (Lipinski definition) is 3. The molecule has 3 heteroatoms. The van der Waals surface area contributed by atoms with Gasteiger partial charge in [-0.3, -0.25) is 4.90 Å². The Balaban J connectivity index is 1.72. The molecule has 0 unspecified atom stereocenters. The van der Waals surface area contributed by atoms with Crippen LogP contribution in [-0.4, -0.2) is 30.9 Å². The first-order valence-corrected chi connectivity index (χ1v) is 7.45. The molecule has 0 atom stereocenters. The molecule has 1 heterocycles. The summed E-state index contributed by atoms with van der Waals surface area (Å²) in [5, 5.41) is 0. The lowest BCUT2D eigenvalue weighted by molar-refractivity contribution is 0.145. The molecule has 2 rings (SSSR count). The lowest BCUT2D eigenvalue weighted by Gasteiger charge is -2.31. The minimum absolute atomic E-state index is 0.759. The van der Waals surface area contributed by atoms with E-state index in [4.69, 9.17) is 4.18 Å². The van der Waals surface area contributed by atoms with Crippen molar-refractivity contribution in [2.45, 2.75) is 19.4 Å². The van der Waals surface area contributed by atoms with E-state index in [9.17, 15) is 0 Å². The van der Waals surface area contributed by atoms with E-state index in [1.165, 1.54) is 43.5 Å². The Bertz CT molecular complexity index is 309. The summed E-state index contributed by atoms with van der Waals surface area (Å²) in [7, 11) is 0. The van der Waals surface area contributed by atoms with Crippen molar-refractivity contribution >= 4 is 12.0 Å². The fourth-order valence-electron chi connectivity index (χ4n) is 2.32. The molecule has 0 saturated carbocycles. The van der Waals surface area contributed by atoms with E-state index in [2.05, 4.69) is 35.2 Å². The monoisotopic (exact) mass is 251 g/mol. The topological polar surface area (TPSA) is 12.5 Å². The normalized spacial score (nSPS) is 18.4. The summed E-state index contributed by atoms with van der Waals surface area (Å²) in [6, 6.07) is 10.7. The van der Waals surface area contributed by atoms with Crippen molar-refractivity contribution in [3.05, 3.63) is 35.9 Å². The quantitative estimate of drug-likeness (QED) is 0.746. The van der Waals surface area contributed by atoms with E-state index < -0.39 is 0 Å². The minimum Gasteiger partial charge on any atom is -0.315 e. The van der Waals surface area contributed by atoms with Crippen molar-refractivity contribution in [3.8, 4) is 0 Å². The zero-order chi connectivity index (χ0) is 11.9. The van der Waals surface area contributed by atoms with E-state index in [0.717, 1.165) is 19.1 Å². The predicted molar refractivity (Wildman–Crippen MR) is 73.9 cm³/mol. The van der Waals surface area contributed by atoms with Gasteiger partial charge < -0.3 is 4.18 Å². The molecule has 0 amide bonds. The summed E-state index contributed by atoms with van der Waals surface area (Å²) in [6.45, 7) is 4.42. The van der Waals surface area contributed by atoms with Gasteiger partial charge in [0.2, 0.25) is 0 Å². The van der Waals surface area contributed by atoms with Crippen molar-refractivity contribution in [2.75, 3.05) is 26.0 Å². The number of hydrogen-bond donors (Lipinski definition) is 0. The van der Waals surface area contributed by atoms with Gasteiger partial charge in [-0.1, -0.05) is 30.3 Å². The summed E-state index contributed by atoms with van der Waals surface area (Å²) in [6.07, 6.45) is 4.53. The van der Waals surface area contributed by atoms with Crippen LogP contribution in [-0.2, 0) is 10.7 Å². The Morgan fingerprint density at radius 3 is 2.59 bits per heavy atom. The SMILES string of the molecule is CSOCC1CCN(Cc2ccccc2)CC1. The summed E-state index contributed by atoms with van der Waals surface area (Å²) in [5.41, 5.74) is 1.42. The van der Waals surface area contributed by atoms with Crippen molar-refractivity contribution in [1.29, 1.82) is 0 Å². The molecule has 94 valence electrons. The molecular formula is C14H21NOS. The third kappa shape index (κ3) is 4.34. The molecule has 0 spiro atoms. The molecule has 2 nitrogen and oxygen atoms in total. The van der Waals surface area contributed by atoms with Crippen molar-refractivity contribution in [2.24, 2.45) is 5.92 Å². The van der Waals surface area contributed by atoms with Crippen molar-refractivity contribution in [1.82, 2.24) is 4.90 Å². The van der Waals surface area contributed by atoms with Crippen LogP contribution in [0.5, 0.6) is 0 Å². The lowest BCUT2D eigenvalue weighted by Crippen LogP contribution is -2.34. The highest BCUT2D eigenvalue weighted by Crippen LogP contribution is 2.20. The number of rotatable bonds is 5. The Morgan fingerprint density at radius 2 is 1.94 bits per heavy atom. The van der Waals surface area contributed by atoms with Gasteiger partial charge in [-0.25, -0.2) is 0 Å². The fraction of sp³-hybridized carbons (Fsp3) is 0.571. The molecule has 1 aliphatic rings. The van der Waals surface area contributed by atoms with Crippen LogP contribution in [0.2, 0.25) is 0 Å². The molecule has 0 aliphatic carbocycles. The highest BCUT2D eigenvalue weighted by atomic mass is 32.2. The lowest BCUT2D eigenvalue weighted by atomic mass is 9.97. The zero-order valence-corrected chi connectivity index (χ0v) is 11.3. The van der Waals surface area contributed by atoms with Gasteiger partial charge in [0, 0.05) is 12.8 Å². The first-order valence-electron chi connectivity index (χ1n) is 6.30. The van der Waals surface area contributed by atoms with Crippen LogP contribution < -0.4 is 0 Å². The maximum absolute atomic E-state index is 5.42. The van der Waals surface area contributed by atoms with E-state index in [0.29, 0.717) is 0 Å². The van der Waals surface area contributed by atoms with Crippen molar-refractivity contribution < 1.29 is 4.18 Å². The molecule has 0 radical (unpaired) electrons. The molecule has 0 N–H and O–H groups in total. The first kappa shape index (κ1) is 12.9. The van der Waals surface area contributed by atoms with Gasteiger partial charge >= 0.3 is 0 Å². The highest BCUT2D eigenvalue weighted by Gasteiger charge is 2.19. The minimum atomic E-state index is 0.759. The van der Waals surface area contributed by atoms with Crippen LogP contribution in [0.25, 0.3) is 0 Å². The second-order valence-corrected chi connectivity index (χ2v) is 5.23. The van der Waals surface area contributed by atoms with Gasteiger partial charge in [-0.2, -0.15) is 0 Å². The van der Waals surface area contributed by atoms with E-state index >= 15 is 0 Å². The molecule has 1 aliphatic heterocycles. The third-order valence-electron chi connectivity index (χ3n) is 3.38. The average Bonchev–Trinajstić information content (AvgIpc) is 2.39. The van der Waals surface area contributed by atoms with Crippen molar-refractivity contribution in [3.63, 3.8) is 0 Å². The van der Waals surface area contributed by atoms with Crippen LogP contribution in [0.3, 0.4) is 0 Å². The standard InChI is InChI=1S/C14H21NOS/c1-17-16-12-14-7-9-15(10-8-14)11-13-5-3-2-4-6-13/h2-6,14H,7-12H2,1H3. The second-order valence-electron chi connectivity index (χ2n) is 4.66. The largest absolute Gasteiger partial charge is 0.315 e. The zero-order valence-electron chi connectivity index (χ0n) is 10.5. The predicted octanol–water partition coefficient (Wildman–Crippen LogP) is 3.19. The van der Waals surface area contributed by atoms with Crippen LogP contribution in [0.4, 0.5) is 0 Å². The van der Waals surface area contributed by atoms with Crippen LogP contribution in [0, 0.1) is 5.92 Å². The number of piperidine rings is 1. The smallest absolute Gasteiger partial charge is 0.0642 e. The maximum Gasteiger partial charge on any atom is 0.0642 e. The third-order valence-corrected chi connectivity index (χ3v) is 3.75. The Morgan fingerprint density at radius 1 is 1.24 bits per heavy atom. The Hall–Kier alpha value is -0.510. The van der Waals surface area contributed by atoms with Gasteiger partial charge in [0.15, 0.2) is 0 Å². The van der Waals surface area contributed by atoms with E-state index in [1.807, 2.05) is 6.26 Å². The summed E-state index contributed by atoms with van der Waals surface area (Å²) >= 11 is 1.49. The van der Waals surface area contributed by atoms with Gasteiger partial charge in [0.05, 0.1) is 6.61 Å². The Kier molecular flexibility index (Phi) is 5.36. The van der Waals surface area contributed by atoms with Gasteiger partial charge in [-0.05, 0) is 49.5 Å². The molecule has 17 heavy (non-hydrogen) atoms. The first-order chi connectivity index (χ1) is 8.38. The second kappa shape index (κ2) is 7.04. The maximum atomic E-state index is 5.42. The summed E-state index contributed by atoms with van der Waals surface area (Å²) in [4.78, 5) is 2.55. The van der Waals surface area contributed by atoms with Gasteiger partial charge in [0.1, 0.15) is 0 Å². The molecular weight excluding hydrogens is 230 g/mol. The Labute approximate surface area is 109 Å². The number of benzene rings is 1. The molecule has 1 fully saturated rings. The van der Waals surface area contributed by atoms with E-state index in [1.54, 1.807) is 0 Å². The molecule has 1 saturated heterocycles. The summed E-state index contributed by atoms with van der Waals surface area (Å²) < 4.78 is 5.42. The number of nitrogens with zero attached hydrogens (tertiary/aromatic N) is 1. The molecule has 1 aromatic carbocycles. The van der Waals surface area contributed by atoms with Gasteiger partial charge in [-0.15, -0.1) is 0 Å². The summed E-state index contributed by atoms with van der Waals surface area (Å²) in [5.74, 6) is 0.759. The molecule has 1 aromatic rings.